The first-order valence-corrected chi connectivity index (χ1v) is 9.95. The van der Waals surface area contributed by atoms with Gasteiger partial charge in [0.1, 0.15) is 10.6 Å². The summed E-state index contributed by atoms with van der Waals surface area (Å²) < 4.78 is 5.18. The van der Waals surface area contributed by atoms with Gasteiger partial charge in [-0.3, -0.25) is 4.79 Å². The zero-order valence-electron chi connectivity index (χ0n) is 16.8. The number of hydrogen-bond donors (Lipinski definition) is 2. The molecule has 2 N–H and O–H groups in total. The van der Waals surface area contributed by atoms with E-state index in [4.69, 9.17) is 4.74 Å². The van der Waals surface area contributed by atoms with Crippen LogP contribution in [0.3, 0.4) is 0 Å². The molecule has 0 unspecified atom stereocenters. The minimum atomic E-state index is -0.119. The number of aryl methyl sites for hydroxylation is 3. The third kappa shape index (κ3) is 4.51. The number of hydrogen-bond acceptors (Lipinski definition) is 5. The Morgan fingerprint density at radius 1 is 1.11 bits per heavy atom. The number of rotatable bonds is 6. The quantitative estimate of drug-likeness (QED) is 0.594. The summed E-state index contributed by atoms with van der Waals surface area (Å²) in [4.78, 5) is 17.9. The molecule has 1 heterocycles. The maximum Gasteiger partial charge on any atom is 0.263 e. The van der Waals surface area contributed by atoms with Crippen molar-refractivity contribution in [2.24, 2.45) is 0 Å². The molecule has 3 rings (SSSR count). The predicted octanol–water partition coefficient (Wildman–Crippen LogP) is 5.31. The maximum atomic E-state index is 12.8. The van der Waals surface area contributed by atoms with Gasteiger partial charge in [0.2, 0.25) is 0 Å². The van der Waals surface area contributed by atoms with Crippen LogP contribution in [0, 0.1) is 20.8 Å². The number of carbonyl (C=O) groups excluding carboxylic acids is 1. The number of aromatic nitrogens is 1. The van der Waals surface area contributed by atoms with E-state index >= 15 is 0 Å². The Bertz CT molecular complexity index is 980. The van der Waals surface area contributed by atoms with Crippen molar-refractivity contribution < 1.29 is 9.53 Å². The van der Waals surface area contributed by atoms with Crippen LogP contribution in [0.5, 0.6) is 5.75 Å². The van der Waals surface area contributed by atoms with Crippen LogP contribution in [0.2, 0.25) is 0 Å². The van der Waals surface area contributed by atoms with Gasteiger partial charge in [0.25, 0.3) is 5.91 Å². The lowest BCUT2D eigenvalue weighted by molar-refractivity contribution is 0.0943. The van der Waals surface area contributed by atoms with Gasteiger partial charge in [-0.1, -0.05) is 41.2 Å². The Hall–Kier alpha value is -2.86. The molecule has 1 amide bonds. The van der Waals surface area contributed by atoms with Crippen molar-refractivity contribution in [1.82, 2.24) is 10.3 Å². The number of ether oxygens (including phenoxy) is 1. The molecule has 0 bridgehead atoms. The zero-order valence-corrected chi connectivity index (χ0v) is 17.6. The highest BCUT2D eigenvalue weighted by Crippen LogP contribution is 2.28. The highest BCUT2D eigenvalue weighted by Gasteiger charge is 2.18. The first-order valence-electron chi connectivity index (χ1n) is 9.14. The normalized spacial score (nSPS) is 11.8. The molecule has 0 aliphatic heterocycles. The van der Waals surface area contributed by atoms with Crippen molar-refractivity contribution in [2.75, 3.05) is 12.4 Å². The lowest BCUT2D eigenvalue weighted by atomic mass is 10.1. The third-order valence-electron chi connectivity index (χ3n) is 4.59. The molecule has 28 heavy (non-hydrogen) atoms. The van der Waals surface area contributed by atoms with E-state index in [0.29, 0.717) is 10.0 Å². The van der Waals surface area contributed by atoms with Gasteiger partial charge in [0.15, 0.2) is 5.13 Å². The van der Waals surface area contributed by atoms with Gasteiger partial charge in [-0.15, -0.1) is 0 Å². The Kier molecular flexibility index (Phi) is 5.99. The highest BCUT2D eigenvalue weighted by molar-refractivity contribution is 7.17. The molecule has 5 nitrogen and oxygen atoms in total. The fraction of sp³-hybridized carbons (Fsp3) is 0.273. The van der Waals surface area contributed by atoms with Gasteiger partial charge >= 0.3 is 0 Å². The largest absolute Gasteiger partial charge is 0.497 e. The van der Waals surface area contributed by atoms with Gasteiger partial charge in [0, 0.05) is 5.69 Å². The second-order valence-corrected chi connectivity index (χ2v) is 7.84. The Balaban J connectivity index is 1.71. The average Bonchev–Trinajstić information content (AvgIpc) is 3.04. The molecule has 0 saturated carbocycles. The van der Waals surface area contributed by atoms with E-state index in [2.05, 4.69) is 41.6 Å². The molecule has 2 aromatic carbocycles. The molecule has 0 aliphatic carbocycles. The van der Waals surface area contributed by atoms with E-state index < -0.39 is 0 Å². The van der Waals surface area contributed by atoms with Crippen molar-refractivity contribution >= 4 is 28.1 Å². The first kappa shape index (κ1) is 19.9. The molecule has 0 spiro atoms. The summed E-state index contributed by atoms with van der Waals surface area (Å²) in [5.74, 6) is 0.676. The number of benzene rings is 2. The first-order chi connectivity index (χ1) is 13.4. The fourth-order valence-electron chi connectivity index (χ4n) is 2.97. The summed E-state index contributed by atoms with van der Waals surface area (Å²) in [6.07, 6.45) is 0. The maximum absolute atomic E-state index is 12.8. The van der Waals surface area contributed by atoms with Crippen LogP contribution in [0.25, 0.3) is 0 Å². The summed E-state index contributed by atoms with van der Waals surface area (Å²) >= 11 is 1.36. The molecule has 1 aromatic heterocycles. The topological polar surface area (TPSA) is 63.2 Å². The van der Waals surface area contributed by atoms with Crippen LogP contribution in [-0.4, -0.2) is 18.0 Å². The van der Waals surface area contributed by atoms with Crippen molar-refractivity contribution in [3.63, 3.8) is 0 Å². The standard InChI is InChI=1S/C22H25N3O2S/c1-13-6-11-19(14(2)12-13)25-22-24-16(4)20(28-22)21(26)23-15(3)17-7-9-18(27-5)10-8-17/h6-12,15H,1-5H3,(H,23,26)(H,24,25)/t15-/m1/s1. The van der Waals surface area contributed by atoms with Crippen LogP contribution in [0.4, 0.5) is 10.8 Å². The lowest BCUT2D eigenvalue weighted by Crippen LogP contribution is -2.26. The van der Waals surface area contributed by atoms with E-state index in [-0.39, 0.29) is 11.9 Å². The van der Waals surface area contributed by atoms with Crippen LogP contribution < -0.4 is 15.4 Å². The van der Waals surface area contributed by atoms with Crippen LogP contribution in [0.1, 0.15) is 45.0 Å². The van der Waals surface area contributed by atoms with Crippen molar-refractivity contribution in [3.05, 3.63) is 69.7 Å². The summed E-state index contributed by atoms with van der Waals surface area (Å²) in [6, 6.07) is 13.8. The van der Waals surface area contributed by atoms with Gasteiger partial charge in [-0.25, -0.2) is 4.98 Å². The smallest absolute Gasteiger partial charge is 0.263 e. The molecule has 3 aromatic rings. The number of anilines is 2. The molecule has 0 radical (unpaired) electrons. The number of thiazole rings is 1. The summed E-state index contributed by atoms with van der Waals surface area (Å²) in [6.45, 7) is 7.94. The monoisotopic (exact) mass is 395 g/mol. The third-order valence-corrected chi connectivity index (χ3v) is 5.66. The molecule has 0 aliphatic rings. The van der Waals surface area contributed by atoms with Gasteiger partial charge in [-0.05, 0) is 57.0 Å². The van der Waals surface area contributed by atoms with Gasteiger partial charge in [-0.2, -0.15) is 0 Å². The van der Waals surface area contributed by atoms with Gasteiger partial charge < -0.3 is 15.4 Å². The number of amides is 1. The van der Waals surface area contributed by atoms with Gasteiger partial charge in [0.05, 0.1) is 18.8 Å². The molecular formula is C22H25N3O2S. The minimum absolute atomic E-state index is 0.115. The Morgan fingerprint density at radius 3 is 2.46 bits per heavy atom. The number of nitrogens with one attached hydrogen (secondary N) is 2. The van der Waals surface area contributed by atoms with Crippen LogP contribution in [0.15, 0.2) is 42.5 Å². The molecule has 0 fully saturated rings. The van der Waals surface area contributed by atoms with E-state index in [9.17, 15) is 4.79 Å². The summed E-state index contributed by atoms with van der Waals surface area (Å²) in [5.41, 5.74) is 5.09. The van der Waals surface area contributed by atoms with E-state index in [1.807, 2.05) is 44.2 Å². The highest BCUT2D eigenvalue weighted by atomic mass is 32.1. The Morgan fingerprint density at radius 2 is 1.82 bits per heavy atom. The lowest BCUT2D eigenvalue weighted by Gasteiger charge is -2.14. The molecule has 146 valence electrons. The van der Waals surface area contributed by atoms with Crippen molar-refractivity contribution in [1.29, 1.82) is 0 Å². The molecule has 0 saturated heterocycles. The second-order valence-electron chi connectivity index (χ2n) is 6.85. The Labute approximate surface area is 169 Å². The van der Waals surface area contributed by atoms with Crippen molar-refractivity contribution in [2.45, 2.75) is 33.7 Å². The fourth-order valence-corrected chi connectivity index (χ4v) is 3.85. The molecule has 6 heteroatoms. The second kappa shape index (κ2) is 8.44. The molecular weight excluding hydrogens is 370 g/mol. The minimum Gasteiger partial charge on any atom is -0.497 e. The number of nitrogens with zero attached hydrogens (tertiary/aromatic N) is 1. The number of carbonyl (C=O) groups is 1. The van der Waals surface area contributed by atoms with E-state index in [1.165, 1.54) is 16.9 Å². The SMILES string of the molecule is COc1ccc([C@@H](C)NC(=O)c2sc(Nc3ccc(C)cc3C)nc2C)cc1. The van der Waals surface area contributed by atoms with Crippen LogP contribution >= 0.6 is 11.3 Å². The summed E-state index contributed by atoms with van der Waals surface area (Å²) in [5, 5.41) is 7.09. The van der Waals surface area contributed by atoms with Crippen LogP contribution in [-0.2, 0) is 0 Å². The summed E-state index contributed by atoms with van der Waals surface area (Å²) in [7, 11) is 1.64. The average molecular weight is 396 g/mol. The van der Waals surface area contributed by atoms with E-state index in [1.54, 1.807) is 7.11 Å². The predicted molar refractivity (Wildman–Crippen MR) is 115 cm³/mol. The number of methoxy groups -OCH3 is 1. The zero-order chi connectivity index (χ0) is 20.3. The molecule has 1 atom stereocenters. The van der Waals surface area contributed by atoms with E-state index in [0.717, 1.165) is 28.3 Å². The van der Waals surface area contributed by atoms with Crippen molar-refractivity contribution in [3.8, 4) is 5.75 Å².